The molecule has 0 aliphatic carbocycles. The maximum Gasteiger partial charge on any atom is 0.243 e. The highest BCUT2D eigenvalue weighted by Gasteiger charge is 2.12. The lowest BCUT2D eigenvalue weighted by atomic mass is 10.4. The maximum absolute atomic E-state index is 11.2. The summed E-state index contributed by atoms with van der Waals surface area (Å²) in [6.07, 6.45) is 1.39. The van der Waals surface area contributed by atoms with Gasteiger partial charge in [0.05, 0.1) is 10.0 Å². The first-order valence-electron chi connectivity index (χ1n) is 3.76. The van der Waals surface area contributed by atoms with Crippen molar-refractivity contribution in [1.82, 2.24) is 4.98 Å². The van der Waals surface area contributed by atoms with E-state index in [4.69, 9.17) is 34.8 Å². The number of alkyl halides is 1. The Bertz CT molecular complexity index is 354. The Hall–Kier alpha value is -0.510. The van der Waals surface area contributed by atoms with Gasteiger partial charge in [-0.3, -0.25) is 4.79 Å². The molecule has 1 N–H and O–H groups in total. The third-order valence-electron chi connectivity index (χ3n) is 1.41. The van der Waals surface area contributed by atoms with Crippen LogP contribution in [0.5, 0.6) is 0 Å². The molecular formula is C8H7Cl3N2O. The SMILES string of the molecule is CC(Cl)C(=O)Nc1ncc(Cl)cc1Cl. The molecule has 0 saturated heterocycles. The largest absolute Gasteiger partial charge is 0.308 e. The van der Waals surface area contributed by atoms with Crippen LogP contribution < -0.4 is 5.32 Å². The van der Waals surface area contributed by atoms with Gasteiger partial charge in [0.1, 0.15) is 5.38 Å². The predicted molar refractivity (Wildman–Crippen MR) is 58.2 cm³/mol. The Morgan fingerprint density at radius 1 is 1.57 bits per heavy atom. The van der Waals surface area contributed by atoms with Crippen LogP contribution in [-0.4, -0.2) is 16.3 Å². The van der Waals surface area contributed by atoms with E-state index in [-0.39, 0.29) is 16.7 Å². The van der Waals surface area contributed by atoms with Crippen LogP contribution in [0, 0.1) is 0 Å². The molecule has 1 unspecified atom stereocenters. The Morgan fingerprint density at radius 2 is 2.21 bits per heavy atom. The molecule has 1 atom stereocenters. The molecule has 1 aromatic heterocycles. The number of rotatable bonds is 2. The van der Waals surface area contributed by atoms with Crippen LogP contribution in [-0.2, 0) is 4.79 Å². The molecule has 3 nitrogen and oxygen atoms in total. The quantitative estimate of drug-likeness (QED) is 0.823. The molecule has 1 aromatic rings. The van der Waals surface area contributed by atoms with E-state index >= 15 is 0 Å². The fourth-order valence-corrected chi connectivity index (χ4v) is 1.20. The van der Waals surface area contributed by atoms with Crippen molar-refractivity contribution in [3.05, 3.63) is 22.3 Å². The monoisotopic (exact) mass is 252 g/mol. The van der Waals surface area contributed by atoms with Crippen LogP contribution in [0.15, 0.2) is 12.3 Å². The maximum atomic E-state index is 11.2. The molecule has 1 rings (SSSR count). The van der Waals surface area contributed by atoms with Crippen molar-refractivity contribution in [2.24, 2.45) is 0 Å². The topological polar surface area (TPSA) is 42.0 Å². The molecule has 0 aliphatic rings. The number of nitrogens with zero attached hydrogens (tertiary/aromatic N) is 1. The van der Waals surface area contributed by atoms with Crippen LogP contribution >= 0.6 is 34.8 Å². The number of halogens is 3. The van der Waals surface area contributed by atoms with E-state index in [1.54, 1.807) is 6.92 Å². The average molecular weight is 254 g/mol. The van der Waals surface area contributed by atoms with Crippen molar-refractivity contribution in [3.8, 4) is 0 Å². The molecule has 0 radical (unpaired) electrons. The van der Waals surface area contributed by atoms with Crippen LogP contribution in [0.4, 0.5) is 5.82 Å². The second-order valence-electron chi connectivity index (χ2n) is 2.59. The molecule has 1 amide bonds. The van der Waals surface area contributed by atoms with E-state index in [2.05, 4.69) is 10.3 Å². The zero-order valence-electron chi connectivity index (χ0n) is 7.22. The normalized spacial score (nSPS) is 12.3. The molecule has 0 bridgehead atoms. The summed E-state index contributed by atoms with van der Waals surface area (Å²) in [5, 5.41) is 2.52. The second kappa shape index (κ2) is 4.82. The molecule has 76 valence electrons. The second-order valence-corrected chi connectivity index (χ2v) is 4.09. The lowest BCUT2D eigenvalue weighted by molar-refractivity contribution is -0.115. The number of nitrogens with one attached hydrogen (secondary N) is 1. The van der Waals surface area contributed by atoms with Gasteiger partial charge in [-0.25, -0.2) is 4.98 Å². The summed E-state index contributed by atoms with van der Waals surface area (Å²) in [4.78, 5) is 15.0. The van der Waals surface area contributed by atoms with Gasteiger partial charge < -0.3 is 5.32 Å². The van der Waals surface area contributed by atoms with E-state index < -0.39 is 5.38 Å². The molecule has 0 fully saturated rings. The predicted octanol–water partition coefficient (Wildman–Crippen LogP) is 2.95. The number of aromatic nitrogens is 1. The first kappa shape index (κ1) is 11.6. The molecule has 0 aliphatic heterocycles. The number of carbonyl (C=O) groups is 1. The van der Waals surface area contributed by atoms with Gasteiger partial charge in [-0.15, -0.1) is 11.6 Å². The summed E-state index contributed by atoms with van der Waals surface area (Å²) < 4.78 is 0. The highest BCUT2D eigenvalue weighted by molar-refractivity contribution is 6.37. The van der Waals surface area contributed by atoms with Crippen molar-refractivity contribution in [2.45, 2.75) is 12.3 Å². The summed E-state index contributed by atoms with van der Waals surface area (Å²) in [7, 11) is 0. The number of hydrogen-bond acceptors (Lipinski definition) is 2. The number of hydrogen-bond donors (Lipinski definition) is 1. The first-order valence-corrected chi connectivity index (χ1v) is 4.96. The van der Waals surface area contributed by atoms with Gasteiger partial charge in [0.25, 0.3) is 0 Å². The molecule has 0 spiro atoms. The lowest BCUT2D eigenvalue weighted by Crippen LogP contribution is -2.21. The van der Waals surface area contributed by atoms with Crippen molar-refractivity contribution in [2.75, 3.05) is 5.32 Å². The van der Waals surface area contributed by atoms with E-state index in [1.807, 2.05) is 0 Å². The van der Waals surface area contributed by atoms with Gasteiger partial charge in [0.2, 0.25) is 5.91 Å². The minimum atomic E-state index is -0.636. The highest BCUT2D eigenvalue weighted by Crippen LogP contribution is 2.22. The molecule has 14 heavy (non-hydrogen) atoms. The van der Waals surface area contributed by atoms with E-state index in [0.29, 0.717) is 5.02 Å². The van der Waals surface area contributed by atoms with Crippen molar-refractivity contribution < 1.29 is 4.79 Å². The molecule has 6 heteroatoms. The summed E-state index contributed by atoms with van der Waals surface area (Å²) in [6, 6.07) is 1.49. The van der Waals surface area contributed by atoms with E-state index in [9.17, 15) is 4.79 Å². The highest BCUT2D eigenvalue weighted by atomic mass is 35.5. The zero-order chi connectivity index (χ0) is 10.7. The van der Waals surface area contributed by atoms with Gasteiger partial charge in [-0.05, 0) is 13.0 Å². The van der Waals surface area contributed by atoms with Crippen molar-refractivity contribution >= 4 is 46.5 Å². The first-order chi connectivity index (χ1) is 6.50. The number of carbonyl (C=O) groups excluding carboxylic acids is 1. The minimum Gasteiger partial charge on any atom is -0.308 e. The molecule has 0 saturated carbocycles. The summed E-state index contributed by atoms with van der Waals surface area (Å²) in [5.74, 6) is -0.100. The minimum absolute atomic E-state index is 0.258. The van der Waals surface area contributed by atoms with Gasteiger partial charge in [0, 0.05) is 6.20 Å². The van der Waals surface area contributed by atoms with Gasteiger partial charge in [0.15, 0.2) is 5.82 Å². The Morgan fingerprint density at radius 3 is 2.71 bits per heavy atom. The number of pyridine rings is 1. The Balaban J connectivity index is 2.82. The average Bonchev–Trinajstić information content (AvgIpc) is 2.09. The van der Waals surface area contributed by atoms with Crippen LogP contribution in [0.3, 0.4) is 0 Å². The third kappa shape index (κ3) is 3.01. The molecule has 1 heterocycles. The van der Waals surface area contributed by atoms with Crippen LogP contribution in [0.25, 0.3) is 0 Å². The third-order valence-corrected chi connectivity index (χ3v) is 2.10. The molecular weight excluding hydrogens is 246 g/mol. The summed E-state index contributed by atoms with van der Waals surface area (Å²) >= 11 is 17.0. The summed E-state index contributed by atoms with van der Waals surface area (Å²) in [6.45, 7) is 1.56. The number of amides is 1. The lowest BCUT2D eigenvalue weighted by Gasteiger charge is -2.06. The van der Waals surface area contributed by atoms with Gasteiger partial charge in [-0.1, -0.05) is 23.2 Å². The van der Waals surface area contributed by atoms with Crippen molar-refractivity contribution in [1.29, 1.82) is 0 Å². The standard InChI is InChI=1S/C8H7Cl3N2O/c1-4(9)8(14)13-7-6(11)2-5(10)3-12-7/h2-4H,1H3,(H,12,13,14). The van der Waals surface area contributed by atoms with Crippen molar-refractivity contribution in [3.63, 3.8) is 0 Å². The van der Waals surface area contributed by atoms with Crippen LogP contribution in [0.2, 0.25) is 10.0 Å². The van der Waals surface area contributed by atoms with Gasteiger partial charge >= 0.3 is 0 Å². The van der Waals surface area contributed by atoms with E-state index in [0.717, 1.165) is 0 Å². The number of anilines is 1. The molecule has 0 aromatic carbocycles. The Labute approximate surface area is 96.4 Å². The zero-order valence-corrected chi connectivity index (χ0v) is 9.49. The van der Waals surface area contributed by atoms with Gasteiger partial charge in [-0.2, -0.15) is 0 Å². The van der Waals surface area contributed by atoms with Crippen LogP contribution in [0.1, 0.15) is 6.92 Å². The summed E-state index contributed by atoms with van der Waals surface area (Å²) in [5.41, 5.74) is 0. The van der Waals surface area contributed by atoms with E-state index in [1.165, 1.54) is 12.3 Å². The smallest absolute Gasteiger partial charge is 0.243 e. The Kier molecular flexibility index (Phi) is 3.98. The fourth-order valence-electron chi connectivity index (χ4n) is 0.723. The fraction of sp³-hybridized carbons (Fsp3) is 0.250.